The van der Waals surface area contributed by atoms with E-state index in [9.17, 15) is 14.7 Å². The number of nitrogens with one attached hydrogen (secondary N) is 2. The minimum atomic E-state index is -0.551. The molecule has 21 heavy (non-hydrogen) atoms. The van der Waals surface area contributed by atoms with Gasteiger partial charge in [0.1, 0.15) is 0 Å². The van der Waals surface area contributed by atoms with Crippen molar-refractivity contribution < 1.29 is 19.4 Å². The molecule has 1 saturated carbocycles. The molecule has 1 aliphatic carbocycles. The van der Waals surface area contributed by atoms with Gasteiger partial charge in [-0.2, -0.15) is 0 Å². The summed E-state index contributed by atoms with van der Waals surface area (Å²) in [6.07, 6.45) is 5.69. The van der Waals surface area contributed by atoms with Gasteiger partial charge in [-0.05, 0) is 25.7 Å². The summed E-state index contributed by atoms with van der Waals surface area (Å²) < 4.78 is 5.26. The zero-order valence-corrected chi connectivity index (χ0v) is 12.5. The summed E-state index contributed by atoms with van der Waals surface area (Å²) in [5.74, 6) is 0.0771. The molecule has 1 saturated heterocycles. The van der Waals surface area contributed by atoms with Gasteiger partial charge < -0.3 is 20.5 Å². The highest BCUT2D eigenvalue weighted by atomic mass is 16.5. The molecule has 0 aromatic rings. The van der Waals surface area contributed by atoms with Crippen LogP contribution >= 0.6 is 0 Å². The van der Waals surface area contributed by atoms with Gasteiger partial charge in [0.05, 0.1) is 12.1 Å². The molecule has 0 atom stereocenters. The van der Waals surface area contributed by atoms with Crippen LogP contribution < -0.4 is 10.6 Å². The van der Waals surface area contributed by atoms with Crippen LogP contribution in [0, 0.1) is 5.92 Å². The van der Waals surface area contributed by atoms with E-state index in [1.807, 2.05) is 0 Å². The van der Waals surface area contributed by atoms with E-state index >= 15 is 0 Å². The molecule has 0 unspecified atom stereocenters. The van der Waals surface area contributed by atoms with Gasteiger partial charge in [-0.3, -0.25) is 9.59 Å². The van der Waals surface area contributed by atoms with Crippen LogP contribution in [0.25, 0.3) is 0 Å². The quantitative estimate of drug-likeness (QED) is 0.660. The van der Waals surface area contributed by atoms with Crippen molar-refractivity contribution in [2.75, 3.05) is 26.4 Å². The van der Waals surface area contributed by atoms with E-state index < -0.39 is 5.54 Å². The molecule has 2 rings (SSSR count). The first-order valence-corrected chi connectivity index (χ1v) is 7.92. The van der Waals surface area contributed by atoms with Gasteiger partial charge in [-0.1, -0.05) is 12.8 Å². The van der Waals surface area contributed by atoms with E-state index in [0.29, 0.717) is 32.6 Å². The number of aliphatic hydroxyl groups is 1. The summed E-state index contributed by atoms with van der Waals surface area (Å²) in [7, 11) is 0. The van der Waals surface area contributed by atoms with Crippen LogP contribution in [-0.2, 0) is 14.3 Å². The largest absolute Gasteiger partial charge is 0.394 e. The average Bonchev–Trinajstić information content (AvgIpc) is 3.02. The highest BCUT2D eigenvalue weighted by Gasteiger charge is 2.33. The standard InChI is InChI=1S/C15H26N2O4/c18-11-15(6-9-21-10-7-15)17-13(19)5-8-16-14(20)12-3-1-2-4-12/h12,18H,1-11H2,(H,16,20)(H,17,19). The first-order valence-electron chi connectivity index (χ1n) is 7.92. The smallest absolute Gasteiger partial charge is 0.223 e. The number of carbonyl (C=O) groups is 2. The van der Waals surface area contributed by atoms with Crippen molar-refractivity contribution in [2.24, 2.45) is 5.92 Å². The van der Waals surface area contributed by atoms with Crippen molar-refractivity contribution in [1.82, 2.24) is 10.6 Å². The Bertz CT molecular complexity index is 361. The number of ether oxygens (including phenoxy) is 1. The minimum absolute atomic E-state index is 0.0724. The summed E-state index contributed by atoms with van der Waals surface area (Å²) >= 11 is 0. The van der Waals surface area contributed by atoms with Gasteiger partial charge in [0.25, 0.3) is 0 Å². The van der Waals surface area contributed by atoms with Crippen molar-refractivity contribution in [2.45, 2.75) is 50.5 Å². The molecule has 1 heterocycles. The summed E-state index contributed by atoms with van der Waals surface area (Å²) in [5.41, 5.74) is -0.551. The van der Waals surface area contributed by atoms with Crippen LogP contribution in [0.5, 0.6) is 0 Å². The van der Waals surface area contributed by atoms with Crippen molar-refractivity contribution in [3.63, 3.8) is 0 Å². The zero-order chi connectivity index (χ0) is 15.1. The lowest BCUT2D eigenvalue weighted by Crippen LogP contribution is -2.55. The summed E-state index contributed by atoms with van der Waals surface area (Å²) in [4.78, 5) is 23.8. The molecule has 0 spiro atoms. The van der Waals surface area contributed by atoms with E-state index in [2.05, 4.69) is 10.6 Å². The molecule has 0 aromatic carbocycles. The minimum Gasteiger partial charge on any atom is -0.394 e. The second-order valence-corrected chi connectivity index (χ2v) is 6.12. The fourth-order valence-corrected chi connectivity index (χ4v) is 3.07. The molecule has 0 aromatic heterocycles. The van der Waals surface area contributed by atoms with Gasteiger partial charge in [0.15, 0.2) is 0 Å². The van der Waals surface area contributed by atoms with Crippen LogP contribution in [0.15, 0.2) is 0 Å². The predicted octanol–water partition coefficient (Wildman–Crippen LogP) is 0.341. The van der Waals surface area contributed by atoms with E-state index in [0.717, 1.165) is 25.7 Å². The summed E-state index contributed by atoms with van der Waals surface area (Å²) in [6, 6.07) is 0. The monoisotopic (exact) mass is 298 g/mol. The maximum atomic E-state index is 12.0. The van der Waals surface area contributed by atoms with E-state index in [-0.39, 0.29) is 30.8 Å². The van der Waals surface area contributed by atoms with Crippen LogP contribution in [0.1, 0.15) is 44.9 Å². The normalized spacial score (nSPS) is 22.0. The molecule has 6 heteroatoms. The summed E-state index contributed by atoms with van der Waals surface area (Å²) in [5, 5.41) is 15.2. The average molecular weight is 298 g/mol. The van der Waals surface area contributed by atoms with Crippen LogP contribution in [-0.4, -0.2) is 48.8 Å². The first-order chi connectivity index (χ1) is 10.2. The molecular formula is C15H26N2O4. The number of amides is 2. The van der Waals surface area contributed by atoms with E-state index in [1.54, 1.807) is 0 Å². The number of carbonyl (C=O) groups excluding carboxylic acids is 2. The number of hydrogen-bond donors (Lipinski definition) is 3. The molecule has 2 amide bonds. The Kier molecular flexibility index (Phi) is 5.99. The third kappa shape index (κ3) is 4.68. The number of rotatable bonds is 6. The maximum Gasteiger partial charge on any atom is 0.223 e. The lowest BCUT2D eigenvalue weighted by molar-refractivity contribution is -0.126. The van der Waals surface area contributed by atoms with Crippen molar-refractivity contribution in [1.29, 1.82) is 0 Å². The lowest BCUT2D eigenvalue weighted by Gasteiger charge is -2.36. The summed E-state index contributed by atoms with van der Waals surface area (Å²) in [6.45, 7) is 1.40. The van der Waals surface area contributed by atoms with Gasteiger partial charge in [0.2, 0.25) is 11.8 Å². The SMILES string of the molecule is O=C(CCNC(=O)C1CCCC1)NC1(CO)CCOCC1. The Labute approximate surface area is 125 Å². The van der Waals surface area contributed by atoms with E-state index in [1.165, 1.54) is 0 Å². The first kappa shape index (κ1) is 16.2. The highest BCUT2D eigenvalue weighted by molar-refractivity contribution is 5.80. The Morgan fingerprint density at radius 3 is 2.48 bits per heavy atom. The number of hydrogen-bond acceptors (Lipinski definition) is 4. The van der Waals surface area contributed by atoms with Crippen molar-refractivity contribution in [3.05, 3.63) is 0 Å². The topological polar surface area (TPSA) is 87.7 Å². The van der Waals surface area contributed by atoms with Crippen LogP contribution in [0.3, 0.4) is 0 Å². The highest BCUT2D eigenvalue weighted by Crippen LogP contribution is 2.24. The van der Waals surface area contributed by atoms with Gasteiger partial charge in [-0.25, -0.2) is 0 Å². The van der Waals surface area contributed by atoms with Crippen molar-refractivity contribution in [3.8, 4) is 0 Å². The third-order valence-electron chi connectivity index (χ3n) is 4.53. The van der Waals surface area contributed by atoms with Gasteiger partial charge in [0, 0.05) is 32.1 Å². The Hall–Kier alpha value is -1.14. The van der Waals surface area contributed by atoms with Gasteiger partial charge in [-0.15, -0.1) is 0 Å². The molecule has 3 N–H and O–H groups in total. The number of aliphatic hydroxyl groups excluding tert-OH is 1. The van der Waals surface area contributed by atoms with Crippen LogP contribution in [0.2, 0.25) is 0 Å². The van der Waals surface area contributed by atoms with Crippen LogP contribution in [0.4, 0.5) is 0 Å². The second-order valence-electron chi connectivity index (χ2n) is 6.12. The molecule has 0 bridgehead atoms. The molecule has 6 nitrogen and oxygen atoms in total. The predicted molar refractivity (Wildman–Crippen MR) is 77.6 cm³/mol. The lowest BCUT2D eigenvalue weighted by atomic mass is 9.91. The second kappa shape index (κ2) is 7.75. The third-order valence-corrected chi connectivity index (χ3v) is 4.53. The molecule has 1 aliphatic heterocycles. The van der Waals surface area contributed by atoms with E-state index in [4.69, 9.17) is 4.74 Å². The maximum absolute atomic E-state index is 12.0. The molecule has 120 valence electrons. The fraction of sp³-hybridized carbons (Fsp3) is 0.867. The molecular weight excluding hydrogens is 272 g/mol. The molecule has 2 fully saturated rings. The molecule has 2 aliphatic rings. The fourth-order valence-electron chi connectivity index (χ4n) is 3.07. The zero-order valence-electron chi connectivity index (χ0n) is 12.5. The van der Waals surface area contributed by atoms with Crippen molar-refractivity contribution >= 4 is 11.8 Å². The molecule has 0 radical (unpaired) electrons. The Balaban J connectivity index is 1.67. The van der Waals surface area contributed by atoms with Gasteiger partial charge >= 0.3 is 0 Å². The Morgan fingerprint density at radius 2 is 1.86 bits per heavy atom. The Morgan fingerprint density at radius 1 is 1.19 bits per heavy atom.